The van der Waals surface area contributed by atoms with Gasteiger partial charge in [0.15, 0.2) is 23.2 Å². The number of aromatic nitrogens is 3. The molecule has 3 rings (SSSR count). The molecule has 0 saturated carbocycles. The average Bonchev–Trinajstić information content (AvgIpc) is 3.44. The van der Waals surface area contributed by atoms with Gasteiger partial charge < -0.3 is 24.5 Å². The maximum Gasteiger partial charge on any atom is 0.216 e. The van der Waals surface area contributed by atoms with Gasteiger partial charge in [-0.05, 0) is 50.6 Å². The minimum atomic E-state index is -0.000474. The van der Waals surface area contributed by atoms with Gasteiger partial charge >= 0.3 is 0 Å². The van der Waals surface area contributed by atoms with Gasteiger partial charge in [0.2, 0.25) is 5.82 Å². The SMILES string of the molecule is CCOc1ccc(C(C)NC(=NC)NCc2nc(-c3ccco3)n[nH]2)cc1OCC.I. The van der Waals surface area contributed by atoms with Gasteiger partial charge in [0.05, 0.1) is 32.1 Å². The van der Waals surface area contributed by atoms with Gasteiger partial charge in [-0.25, -0.2) is 4.98 Å². The van der Waals surface area contributed by atoms with Crippen molar-refractivity contribution in [3.05, 3.63) is 48.0 Å². The van der Waals surface area contributed by atoms with Crippen molar-refractivity contribution in [3.63, 3.8) is 0 Å². The molecule has 9 nitrogen and oxygen atoms in total. The van der Waals surface area contributed by atoms with E-state index >= 15 is 0 Å². The van der Waals surface area contributed by atoms with E-state index in [0.29, 0.717) is 43.1 Å². The van der Waals surface area contributed by atoms with E-state index in [1.54, 1.807) is 19.4 Å². The van der Waals surface area contributed by atoms with E-state index in [1.165, 1.54) is 0 Å². The molecular weight excluding hydrogens is 511 g/mol. The number of ether oxygens (including phenoxy) is 2. The van der Waals surface area contributed by atoms with E-state index < -0.39 is 0 Å². The molecule has 31 heavy (non-hydrogen) atoms. The number of benzene rings is 1. The van der Waals surface area contributed by atoms with Crippen molar-refractivity contribution in [2.45, 2.75) is 33.4 Å². The Morgan fingerprint density at radius 3 is 2.65 bits per heavy atom. The molecule has 3 aromatic rings. The highest BCUT2D eigenvalue weighted by molar-refractivity contribution is 14.0. The number of nitrogens with one attached hydrogen (secondary N) is 3. The zero-order valence-electron chi connectivity index (χ0n) is 18.1. The van der Waals surface area contributed by atoms with Crippen molar-refractivity contribution in [1.29, 1.82) is 0 Å². The Balaban J connectivity index is 0.00000341. The van der Waals surface area contributed by atoms with Crippen LogP contribution in [-0.4, -0.2) is 41.4 Å². The highest BCUT2D eigenvalue weighted by atomic mass is 127. The van der Waals surface area contributed by atoms with Crippen LogP contribution in [0.2, 0.25) is 0 Å². The summed E-state index contributed by atoms with van der Waals surface area (Å²) in [5, 5.41) is 13.7. The third kappa shape index (κ3) is 6.61. The molecule has 2 heterocycles. The Morgan fingerprint density at radius 1 is 1.19 bits per heavy atom. The molecule has 0 spiro atoms. The van der Waals surface area contributed by atoms with Gasteiger partial charge in [0, 0.05) is 7.05 Å². The number of aromatic amines is 1. The van der Waals surface area contributed by atoms with E-state index in [1.807, 2.05) is 38.1 Å². The lowest BCUT2D eigenvalue weighted by Gasteiger charge is -2.19. The predicted octanol–water partition coefficient (Wildman–Crippen LogP) is 3.91. The molecule has 0 amide bonds. The Bertz CT molecular complexity index is 958. The Morgan fingerprint density at radius 2 is 1.97 bits per heavy atom. The van der Waals surface area contributed by atoms with Crippen LogP contribution < -0.4 is 20.1 Å². The molecule has 0 radical (unpaired) electrons. The van der Waals surface area contributed by atoms with Crippen LogP contribution >= 0.6 is 24.0 Å². The number of furan rings is 1. The van der Waals surface area contributed by atoms with Crippen molar-refractivity contribution < 1.29 is 13.9 Å². The van der Waals surface area contributed by atoms with E-state index in [2.05, 4.69) is 37.7 Å². The molecule has 1 unspecified atom stereocenters. The maximum atomic E-state index is 5.72. The van der Waals surface area contributed by atoms with Crippen molar-refractivity contribution in [1.82, 2.24) is 25.8 Å². The molecule has 1 atom stereocenters. The lowest BCUT2D eigenvalue weighted by molar-refractivity contribution is 0.287. The third-order valence-corrected chi connectivity index (χ3v) is 4.34. The second-order valence-electron chi connectivity index (χ2n) is 6.45. The van der Waals surface area contributed by atoms with E-state index in [9.17, 15) is 0 Å². The van der Waals surface area contributed by atoms with Crippen molar-refractivity contribution >= 4 is 29.9 Å². The maximum absolute atomic E-state index is 5.72. The summed E-state index contributed by atoms with van der Waals surface area (Å²) in [7, 11) is 1.72. The van der Waals surface area contributed by atoms with Crippen LogP contribution in [0.4, 0.5) is 0 Å². The van der Waals surface area contributed by atoms with Gasteiger partial charge in [-0.15, -0.1) is 29.1 Å². The molecule has 2 aromatic heterocycles. The van der Waals surface area contributed by atoms with Crippen molar-refractivity contribution in [3.8, 4) is 23.1 Å². The molecule has 10 heteroatoms. The Hall–Kier alpha value is -2.76. The highest BCUT2D eigenvalue weighted by Gasteiger charge is 2.13. The summed E-state index contributed by atoms with van der Waals surface area (Å²) >= 11 is 0. The summed E-state index contributed by atoms with van der Waals surface area (Å²) in [6.45, 7) is 7.57. The largest absolute Gasteiger partial charge is 0.490 e. The van der Waals surface area contributed by atoms with Gasteiger partial charge in [0.1, 0.15) is 5.82 Å². The molecule has 0 aliphatic carbocycles. The first-order valence-electron chi connectivity index (χ1n) is 9.96. The number of H-pyrrole nitrogens is 1. The minimum Gasteiger partial charge on any atom is -0.490 e. The summed E-state index contributed by atoms with van der Waals surface area (Å²) in [6, 6.07) is 9.56. The summed E-state index contributed by atoms with van der Waals surface area (Å²) in [5.41, 5.74) is 1.06. The second kappa shape index (κ2) is 12.2. The molecule has 168 valence electrons. The molecule has 0 saturated heterocycles. The minimum absolute atomic E-state index is 0. The average molecular weight is 540 g/mol. The van der Waals surface area contributed by atoms with Gasteiger partial charge in [0.25, 0.3) is 0 Å². The standard InChI is InChI=1S/C21H28N6O3.HI/c1-5-28-16-10-9-15(12-18(16)29-6-2)14(3)24-21(22-4)23-13-19-25-20(27-26-19)17-8-7-11-30-17;/h7-12,14H,5-6,13H2,1-4H3,(H2,22,23,24)(H,25,26,27);1H. The summed E-state index contributed by atoms with van der Waals surface area (Å²) in [6.07, 6.45) is 1.59. The van der Waals surface area contributed by atoms with Gasteiger partial charge in [-0.3, -0.25) is 10.1 Å². The first-order chi connectivity index (χ1) is 14.6. The van der Waals surface area contributed by atoms with Crippen LogP contribution in [0.5, 0.6) is 11.5 Å². The molecule has 0 aliphatic heterocycles. The predicted molar refractivity (Wildman–Crippen MR) is 130 cm³/mol. The monoisotopic (exact) mass is 540 g/mol. The van der Waals surface area contributed by atoms with Crippen molar-refractivity contribution in [2.75, 3.05) is 20.3 Å². The molecule has 3 N–H and O–H groups in total. The van der Waals surface area contributed by atoms with Crippen LogP contribution in [0.25, 0.3) is 11.6 Å². The molecule has 0 aliphatic rings. The second-order valence-corrected chi connectivity index (χ2v) is 6.45. The molecule has 1 aromatic carbocycles. The Kier molecular flexibility index (Phi) is 9.63. The zero-order valence-corrected chi connectivity index (χ0v) is 20.5. The fraction of sp³-hybridized carbons (Fsp3) is 0.381. The number of hydrogen-bond acceptors (Lipinski definition) is 6. The van der Waals surface area contributed by atoms with Gasteiger partial charge in [-0.1, -0.05) is 6.07 Å². The number of hydrogen-bond donors (Lipinski definition) is 3. The first-order valence-corrected chi connectivity index (χ1v) is 9.96. The van der Waals surface area contributed by atoms with Crippen LogP contribution in [0.1, 0.15) is 38.2 Å². The molecule has 0 fully saturated rings. The molecule has 0 bridgehead atoms. The summed E-state index contributed by atoms with van der Waals surface area (Å²) in [4.78, 5) is 8.71. The zero-order chi connectivity index (χ0) is 21.3. The molecular formula is C21H29IN6O3. The number of aliphatic imine (C=N–C) groups is 1. The van der Waals surface area contributed by atoms with Crippen LogP contribution in [0.3, 0.4) is 0 Å². The fourth-order valence-electron chi connectivity index (χ4n) is 2.88. The van der Waals surface area contributed by atoms with E-state index in [4.69, 9.17) is 13.9 Å². The fourth-order valence-corrected chi connectivity index (χ4v) is 2.88. The van der Waals surface area contributed by atoms with Crippen LogP contribution in [-0.2, 0) is 6.54 Å². The third-order valence-electron chi connectivity index (χ3n) is 4.34. The summed E-state index contributed by atoms with van der Waals surface area (Å²) in [5.74, 6) is 3.94. The van der Waals surface area contributed by atoms with E-state index in [-0.39, 0.29) is 30.0 Å². The van der Waals surface area contributed by atoms with Crippen LogP contribution in [0, 0.1) is 0 Å². The topological polar surface area (TPSA) is 110 Å². The Labute approximate surface area is 199 Å². The smallest absolute Gasteiger partial charge is 0.216 e. The number of guanidine groups is 1. The summed E-state index contributed by atoms with van der Waals surface area (Å²) < 4.78 is 16.7. The van der Waals surface area contributed by atoms with Crippen LogP contribution in [0.15, 0.2) is 46.0 Å². The first kappa shape index (κ1) is 24.5. The van der Waals surface area contributed by atoms with E-state index in [0.717, 1.165) is 17.1 Å². The van der Waals surface area contributed by atoms with Crippen molar-refractivity contribution in [2.24, 2.45) is 4.99 Å². The normalized spacial score (nSPS) is 12.1. The number of rotatable bonds is 9. The lowest BCUT2D eigenvalue weighted by Crippen LogP contribution is -2.38. The number of nitrogens with zero attached hydrogens (tertiary/aromatic N) is 3. The van der Waals surface area contributed by atoms with Gasteiger partial charge in [-0.2, -0.15) is 0 Å². The highest BCUT2D eigenvalue weighted by Crippen LogP contribution is 2.30. The quantitative estimate of drug-likeness (QED) is 0.215. The lowest BCUT2D eigenvalue weighted by atomic mass is 10.1. The number of halogens is 1.